The van der Waals surface area contributed by atoms with E-state index in [2.05, 4.69) is 0 Å². The van der Waals surface area contributed by atoms with Gasteiger partial charge in [0, 0.05) is 19.2 Å². The van der Waals surface area contributed by atoms with Gasteiger partial charge in [-0.25, -0.2) is 0 Å². The number of carbonyl (C=O) groups is 2. The third-order valence-corrected chi connectivity index (χ3v) is 3.95. The zero-order chi connectivity index (χ0) is 13.1. The summed E-state index contributed by atoms with van der Waals surface area (Å²) >= 11 is 0. The van der Waals surface area contributed by atoms with E-state index in [1.54, 1.807) is 4.90 Å². The summed E-state index contributed by atoms with van der Waals surface area (Å²) in [7, 11) is 0. The van der Waals surface area contributed by atoms with Crippen LogP contribution < -0.4 is 0 Å². The number of amides is 1. The van der Waals surface area contributed by atoms with Gasteiger partial charge in [0.05, 0.1) is 6.42 Å². The van der Waals surface area contributed by atoms with E-state index < -0.39 is 5.97 Å². The standard InChI is InChI=1S/C13H21NO4/c1-9-5-7-18-12(9)13(17)14-6-3-2-4-10(14)8-11(15)16/h9-10,12H,2-8H2,1H3,(H,15,16). The topological polar surface area (TPSA) is 66.8 Å². The summed E-state index contributed by atoms with van der Waals surface area (Å²) in [6, 6.07) is -0.153. The molecule has 0 aliphatic carbocycles. The number of ether oxygens (including phenoxy) is 1. The van der Waals surface area contributed by atoms with Gasteiger partial charge in [-0.3, -0.25) is 9.59 Å². The van der Waals surface area contributed by atoms with Crippen LogP contribution in [0.15, 0.2) is 0 Å². The van der Waals surface area contributed by atoms with E-state index in [4.69, 9.17) is 9.84 Å². The molecular formula is C13H21NO4. The van der Waals surface area contributed by atoms with E-state index in [0.29, 0.717) is 13.2 Å². The van der Waals surface area contributed by atoms with Crippen molar-refractivity contribution in [3.63, 3.8) is 0 Å². The Hall–Kier alpha value is -1.10. The highest BCUT2D eigenvalue weighted by Gasteiger charge is 2.37. The quantitative estimate of drug-likeness (QED) is 0.824. The Balaban J connectivity index is 2.03. The predicted octanol–water partition coefficient (Wildman–Crippen LogP) is 1.27. The fourth-order valence-electron chi connectivity index (χ4n) is 2.88. The van der Waals surface area contributed by atoms with Crippen molar-refractivity contribution in [1.29, 1.82) is 0 Å². The van der Waals surface area contributed by atoms with Gasteiger partial charge in [0.25, 0.3) is 5.91 Å². The lowest BCUT2D eigenvalue weighted by Crippen LogP contribution is -2.49. The molecule has 0 aromatic rings. The van der Waals surface area contributed by atoms with Gasteiger partial charge in [-0.05, 0) is 31.6 Å². The normalized spacial score (nSPS) is 32.5. The van der Waals surface area contributed by atoms with Crippen LogP contribution in [0.25, 0.3) is 0 Å². The summed E-state index contributed by atoms with van der Waals surface area (Å²) in [4.78, 5) is 25.0. The van der Waals surface area contributed by atoms with Gasteiger partial charge in [0.2, 0.25) is 0 Å². The summed E-state index contributed by atoms with van der Waals surface area (Å²) in [6.07, 6.45) is 3.35. The molecule has 0 radical (unpaired) electrons. The Bertz CT molecular complexity index is 331. The molecule has 2 fully saturated rings. The first-order valence-electron chi connectivity index (χ1n) is 6.73. The lowest BCUT2D eigenvalue weighted by molar-refractivity contribution is -0.148. The zero-order valence-corrected chi connectivity index (χ0v) is 10.8. The smallest absolute Gasteiger partial charge is 0.305 e. The highest BCUT2D eigenvalue weighted by Crippen LogP contribution is 2.26. The molecule has 2 heterocycles. The van der Waals surface area contributed by atoms with Crippen LogP contribution in [0.2, 0.25) is 0 Å². The molecule has 0 bridgehead atoms. The molecule has 0 spiro atoms. The number of carbonyl (C=O) groups excluding carboxylic acids is 1. The van der Waals surface area contributed by atoms with Crippen molar-refractivity contribution in [2.24, 2.45) is 5.92 Å². The molecule has 2 rings (SSSR count). The van der Waals surface area contributed by atoms with Crippen LogP contribution in [0.3, 0.4) is 0 Å². The third-order valence-electron chi connectivity index (χ3n) is 3.95. The average molecular weight is 255 g/mol. The van der Waals surface area contributed by atoms with Gasteiger partial charge < -0.3 is 14.7 Å². The maximum atomic E-state index is 12.4. The van der Waals surface area contributed by atoms with E-state index in [1.807, 2.05) is 6.92 Å². The van der Waals surface area contributed by atoms with E-state index in [1.165, 1.54) is 0 Å². The number of likely N-dealkylation sites (tertiary alicyclic amines) is 1. The van der Waals surface area contributed by atoms with Gasteiger partial charge in [-0.2, -0.15) is 0 Å². The van der Waals surface area contributed by atoms with Crippen molar-refractivity contribution in [3.8, 4) is 0 Å². The van der Waals surface area contributed by atoms with Crippen molar-refractivity contribution in [2.45, 2.75) is 51.2 Å². The number of carboxylic acids is 1. The summed E-state index contributed by atoms with van der Waals surface area (Å²) < 4.78 is 5.49. The third kappa shape index (κ3) is 2.83. The second kappa shape index (κ2) is 5.69. The Morgan fingerprint density at radius 1 is 1.33 bits per heavy atom. The molecule has 5 heteroatoms. The van der Waals surface area contributed by atoms with Crippen molar-refractivity contribution in [2.75, 3.05) is 13.2 Å². The first-order chi connectivity index (χ1) is 8.59. The molecule has 1 amide bonds. The Labute approximate surface area is 107 Å². The molecule has 2 saturated heterocycles. The average Bonchev–Trinajstić information content (AvgIpc) is 2.74. The molecule has 102 valence electrons. The van der Waals surface area contributed by atoms with Gasteiger partial charge in [-0.1, -0.05) is 6.92 Å². The molecule has 3 atom stereocenters. The molecule has 18 heavy (non-hydrogen) atoms. The number of aliphatic carboxylic acids is 1. The Kier molecular flexibility index (Phi) is 4.22. The maximum Gasteiger partial charge on any atom is 0.305 e. The van der Waals surface area contributed by atoms with Gasteiger partial charge >= 0.3 is 5.97 Å². The molecule has 1 N–H and O–H groups in total. The fraction of sp³-hybridized carbons (Fsp3) is 0.846. The van der Waals surface area contributed by atoms with Crippen molar-refractivity contribution >= 4 is 11.9 Å². The van der Waals surface area contributed by atoms with Crippen molar-refractivity contribution in [3.05, 3.63) is 0 Å². The van der Waals surface area contributed by atoms with Crippen LogP contribution in [0.1, 0.15) is 39.0 Å². The molecule has 2 aliphatic heterocycles. The second-order valence-corrected chi connectivity index (χ2v) is 5.34. The molecular weight excluding hydrogens is 234 g/mol. The number of nitrogens with zero attached hydrogens (tertiary/aromatic N) is 1. The summed E-state index contributed by atoms with van der Waals surface area (Å²) in [5, 5.41) is 8.91. The number of hydrogen-bond donors (Lipinski definition) is 1. The van der Waals surface area contributed by atoms with Gasteiger partial charge in [-0.15, -0.1) is 0 Å². The number of piperidine rings is 1. The van der Waals surface area contributed by atoms with Crippen molar-refractivity contribution < 1.29 is 19.4 Å². The molecule has 0 saturated carbocycles. The van der Waals surface area contributed by atoms with E-state index >= 15 is 0 Å². The summed E-state index contributed by atoms with van der Waals surface area (Å²) in [6.45, 7) is 3.32. The minimum absolute atomic E-state index is 0.00838. The Morgan fingerprint density at radius 3 is 2.72 bits per heavy atom. The highest BCUT2D eigenvalue weighted by atomic mass is 16.5. The van der Waals surface area contributed by atoms with Crippen LogP contribution in [-0.4, -0.2) is 47.2 Å². The number of carboxylic acid groups (broad SMARTS) is 1. The highest BCUT2D eigenvalue weighted by molar-refractivity contribution is 5.82. The van der Waals surface area contributed by atoms with Crippen molar-refractivity contribution in [1.82, 2.24) is 4.90 Å². The summed E-state index contributed by atoms with van der Waals surface area (Å²) in [5.41, 5.74) is 0. The first kappa shape index (κ1) is 13.3. The molecule has 0 aromatic carbocycles. The monoisotopic (exact) mass is 255 g/mol. The van der Waals surface area contributed by atoms with Gasteiger partial charge in [0.1, 0.15) is 6.10 Å². The largest absolute Gasteiger partial charge is 0.481 e. The lowest BCUT2D eigenvalue weighted by atomic mass is 9.96. The van der Waals surface area contributed by atoms with E-state index in [-0.39, 0.29) is 30.4 Å². The van der Waals surface area contributed by atoms with Crippen LogP contribution in [-0.2, 0) is 14.3 Å². The van der Waals surface area contributed by atoms with Crippen LogP contribution >= 0.6 is 0 Å². The molecule has 2 aliphatic rings. The number of hydrogen-bond acceptors (Lipinski definition) is 3. The SMILES string of the molecule is CC1CCOC1C(=O)N1CCCCC1CC(=O)O. The van der Waals surface area contributed by atoms with Crippen LogP contribution in [0.5, 0.6) is 0 Å². The first-order valence-corrected chi connectivity index (χ1v) is 6.73. The minimum atomic E-state index is -0.833. The zero-order valence-electron chi connectivity index (χ0n) is 10.8. The van der Waals surface area contributed by atoms with E-state index in [0.717, 1.165) is 25.7 Å². The predicted molar refractivity (Wildman–Crippen MR) is 65.1 cm³/mol. The Morgan fingerprint density at radius 2 is 2.11 bits per heavy atom. The molecule has 3 unspecified atom stereocenters. The van der Waals surface area contributed by atoms with Crippen LogP contribution in [0, 0.1) is 5.92 Å². The number of rotatable bonds is 3. The fourth-order valence-corrected chi connectivity index (χ4v) is 2.88. The summed E-state index contributed by atoms with van der Waals surface area (Å²) in [5.74, 6) is -0.601. The second-order valence-electron chi connectivity index (χ2n) is 5.34. The van der Waals surface area contributed by atoms with E-state index in [9.17, 15) is 9.59 Å². The molecule has 5 nitrogen and oxygen atoms in total. The maximum absolute atomic E-state index is 12.4. The van der Waals surface area contributed by atoms with Gasteiger partial charge in [0.15, 0.2) is 0 Å². The van der Waals surface area contributed by atoms with Crippen LogP contribution in [0.4, 0.5) is 0 Å². The minimum Gasteiger partial charge on any atom is -0.481 e. The lowest BCUT2D eigenvalue weighted by Gasteiger charge is -2.37. The molecule has 0 aromatic heterocycles.